The van der Waals surface area contributed by atoms with Crippen molar-refractivity contribution in [2.75, 3.05) is 12.3 Å². The number of nitrogen functional groups attached to an aromatic ring is 1. The summed E-state index contributed by atoms with van der Waals surface area (Å²) in [6, 6.07) is 0. The van der Waals surface area contributed by atoms with E-state index >= 15 is 0 Å². The molecule has 1 amide bonds. The van der Waals surface area contributed by atoms with Gasteiger partial charge in [-0.15, -0.1) is 0 Å². The molecule has 1 saturated carbocycles. The fourth-order valence-electron chi connectivity index (χ4n) is 1.54. The Bertz CT molecular complexity index is 370. The Balaban J connectivity index is 1.91. The van der Waals surface area contributed by atoms with E-state index < -0.39 is 0 Å². The number of nitrogens with one attached hydrogen (secondary N) is 1. The first-order valence-corrected chi connectivity index (χ1v) is 5.03. The van der Waals surface area contributed by atoms with E-state index in [4.69, 9.17) is 5.73 Å². The molecule has 2 rings (SSSR count). The average molecular weight is 210 g/mol. The minimum atomic E-state index is -0.312. The van der Waals surface area contributed by atoms with Crippen LogP contribution in [0.15, 0.2) is 4.63 Å². The van der Waals surface area contributed by atoms with Crippen LogP contribution < -0.4 is 11.1 Å². The Morgan fingerprint density at radius 2 is 2.33 bits per heavy atom. The molecule has 1 fully saturated rings. The second kappa shape index (κ2) is 3.52. The number of anilines is 1. The van der Waals surface area contributed by atoms with Gasteiger partial charge >= 0.3 is 0 Å². The fraction of sp³-hybridized carbons (Fsp3) is 0.667. The lowest BCUT2D eigenvalue weighted by Crippen LogP contribution is -2.30. The Hall–Kier alpha value is -1.59. The van der Waals surface area contributed by atoms with Gasteiger partial charge in [-0.2, -0.15) is 0 Å². The van der Waals surface area contributed by atoms with Gasteiger partial charge in [-0.1, -0.05) is 6.92 Å². The van der Waals surface area contributed by atoms with Crippen molar-refractivity contribution in [2.24, 2.45) is 5.41 Å². The van der Waals surface area contributed by atoms with Gasteiger partial charge in [-0.3, -0.25) is 4.79 Å². The maximum atomic E-state index is 11.6. The molecule has 82 valence electrons. The summed E-state index contributed by atoms with van der Waals surface area (Å²) in [5.41, 5.74) is 5.78. The predicted molar refractivity (Wildman–Crippen MR) is 53.0 cm³/mol. The predicted octanol–water partition coefficient (Wildman–Crippen LogP) is 0.572. The topological polar surface area (TPSA) is 94.0 Å². The van der Waals surface area contributed by atoms with Gasteiger partial charge in [0, 0.05) is 6.54 Å². The van der Waals surface area contributed by atoms with Gasteiger partial charge in [0.1, 0.15) is 0 Å². The molecule has 0 aliphatic heterocycles. The van der Waals surface area contributed by atoms with E-state index in [1.165, 1.54) is 12.8 Å². The van der Waals surface area contributed by atoms with E-state index in [0.29, 0.717) is 12.0 Å². The van der Waals surface area contributed by atoms with Crippen LogP contribution in [0.1, 0.15) is 36.7 Å². The van der Waals surface area contributed by atoms with Crippen molar-refractivity contribution < 1.29 is 9.42 Å². The van der Waals surface area contributed by atoms with E-state index in [1.807, 2.05) is 0 Å². The van der Waals surface area contributed by atoms with E-state index in [9.17, 15) is 4.79 Å². The Morgan fingerprint density at radius 3 is 2.80 bits per heavy atom. The zero-order chi connectivity index (χ0) is 10.9. The molecular weight excluding hydrogens is 196 g/mol. The van der Waals surface area contributed by atoms with Gasteiger partial charge in [-0.25, -0.2) is 4.63 Å². The van der Waals surface area contributed by atoms with Crippen LogP contribution in [-0.2, 0) is 0 Å². The number of aromatic nitrogens is 2. The first kappa shape index (κ1) is 9.95. The van der Waals surface area contributed by atoms with Crippen molar-refractivity contribution in [3.05, 3.63) is 5.69 Å². The van der Waals surface area contributed by atoms with E-state index in [-0.39, 0.29) is 17.4 Å². The van der Waals surface area contributed by atoms with Crippen molar-refractivity contribution in [3.8, 4) is 0 Å². The molecule has 0 bridgehead atoms. The highest BCUT2D eigenvalue weighted by atomic mass is 16.6. The van der Waals surface area contributed by atoms with Gasteiger partial charge in [0.15, 0.2) is 0 Å². The maximum Gasteiger partial charge on any atom is 0.277 e. The smallest absolute Gasteiger partial charge is 0.277 e. The molecule has 1 aliphatic rings. The van der Waals surface area contributed by atoms with Crippen molar-refractivity contribution in [3.63, 3.8) is 0 Å². The highest BCUT2D eigenvalue weighted by Crippen LogP contribution is 2.47. The van der Waals surface area contributed by atoms with Crippen molar-refractivity contribution in [2.45, 2.75) is 26.2 Å². The van der Waals surface area contributed by atoms with Gasteiger partial charge in [0.05, 0.1) is 0 Å². The highest BCUT2D eigenvalue weighted by Gasteiger charge is 2.40. The highest BCUT2D eigenvalue weighted by molar-refractivity contribution is 5.95. The maximum absolute atomic E-state index is 11.6. The Morgan fingerprint density at radius 1 is 1.60 bits per heavy atom. The lowest BCUT2D eigenvalue weighted by atomic mass is 10.0. The third-order valence-corrected chi connectivity index (χ3v) is 3.06. The van der Waals surface area contributed by atoms with Crippen LogP contribution in [0, 0.1) is 5.41 Å². The monoisotopic (exact) mass is 210 g/mol. The minimum absolute atomic E-state index is 0.0360. The van der Waals surface area contributed by atoms with Crippen LogP contribution in [0.2, 0.25) is 0 Å². The van der Waals surface area contributed by atoms with Crippen LogP contribution in [0.4, 0.5) is 5.82 Å². The van der Waals surface area contributed by atoms with Crippen LogP contribution in [0.3, 0.4) is 0 Å². The molecule has 0 radical (unpaired) electrons. The zero-order valence-electron chi connectivity index (χ0n) is 8.62. The standard InChI is InChI=1S/C9H14N4O2/c1-2-9(3-4-9)5-11-8(14)6-7(10)13-15-12-6/h2-5H2,1H3,(H2,10,13)(H,11,14). The van der Waals surface area contributed by atoms with Crippen molar-refractivity contribution in [1.29, 1.82) is 0 Å². The van der Waals surface area contributed by atoms with E-state index in [0.717, 1.165) is 6.42 Å². The zero-order valence-corrected chi connectivity index (χ0v) is 8.62. The van der Waals surface area contributed by atoms with Crippen LogP contribution in [0.5, 0.6) is 0 Å². The number of carbonyl (C=O) groups is 1. The van der Waals surface area contributed by atoms with Crippen LogP contribution in [-0.4, -0.2) is 22.8 Å². The molecule has 0 atom stereocenters. The van der Waals surface area contributed by atoms with E-state index in [1.54, 1.807) is 0 Å². The minimum Gasteiger partial charge on any atom is -0.379 e. The lowest BCUT2D eigenvalue weighted by Gasteiger charge is -2.12. The molecular formula is C9H14N4O2. The molecule has 0 aromatic carbocycles. The summed E-state index contributed by atoms with van der Waals surface area (Å²) < 4.78 is 4.35. The van der Waals surface area contributed by atoms with Gasteiger partial charge in [-0.05, 0) is 35.0 Å². The molecule has 0 saturated heterocycles. The summed E-state index contributed by atoms with van der Waals surface area (Å²) >= 11 is 0. The second-order valence-electron chi connectivity index (χ2n) is 4.03. The molecule has 1 aliphatic carbocycles. The number of amides is 1. The molecule has 6 nitrogen and oxygen atoms in total. The molecule has 0 spiro atoms. The summed E-state index contributed by atoms with van der Waals surface area (Å²) in [6.07, 6.45) is 3.44. The average Bonchev–Trinajstić information content (AvgIpc) is 2.91. The van der Waals surface area contributed by atoms with Crippen LogP contribution in [0.25, 0.3) is 0 Å². The number of hydrogen-bond donors (Lipinski definition) is 2. The second-order valence-corrected chi connectivity index (χ2v) is 4.03. The molecule has 3 N–H and O–H groups in total. The van der Waals surface area contributed by atoms with E-state index in [2.05, 4.69) is 27.2 Å². The Kier molecular flexibility index (Phi) is 2.34. The molecule has 1 aromatic rings. The third-order valence-electron chi connectivity index (χ3n) is 3.06. The lowest BCUT2D eigenvalue weighted by molar-refractivity contribution is 0.0935. The summed E-state index contributed by atoms with van der Waals surface area (Å²) in [7, 11) is 0. The third kappa shape index (κ3) is 1.93. The summed E-state index contributed by atoms with van der Waals surface area (Å²) in [5, 5.41) is 9.59. The first-order valence-electron chi connectivity index (χ1n) is 5.03. The molecule has 1 heterocycles. The van der Waals surface area contributed by atoms with Gasteiger partial charge < -0.3 is 11.1 Å². The van der Waals surface area contributed by atoms with Gasteiger partial charge in [0.2, 0.25) is 11.5 Å². The summed E-state index contributed by atoms with van der Waals surface area (Å²) in [6.45, 7) is 2.81. The van der Waals surface area contributed by atoms with Crippen molar-refractivity contribution in [1.82, 2.24) is 15.6 Å². The molecule has 6 heteroatoms. The molecule has 1 aromatic heterocycles. The summed E-state index contributed by atoms with van der Waals surface area (Å²) in [5.74, 6) is -0.276. The number of rotatable bonds is 4. The molecule has 15 heavy (non-hydrogen) atoms. The normalized spacial score (nSPS) is 17.4. The van der Waals surface area contributed by atoms with Gasteiger partial charge in [0.25, 0.3) is 5.91 Å². The SMILES string of the molecule is CCC1(CNC(=O)c2nonc2N)CC1. The Labute approximate surface area is 87.2 Å². The first-order chi connectivity index (χ1) is 7.17. The number of hydrogen-bond acceptors (Lipinski definition) is 5. The molecule has 0 unspecified atom stereocenters. The number of nitrogens with zero attached hydrogens (tertiary/aromatic N) is 2. The van der Waals surface area contributed by atoms with Crippen molar-refractivity contribution >= 4 is 11.7 Å². The fourth-order valence-corrected chi connectivity index (χ4v) is 1.54. The number of carbonyl (C=O) groups excluding carboxylic acids is 1. The largest absolute Gasteiger partial charge is 0.379 e. The quantitative estimate of drug-likeness (QED) is 0.757. The summed E-state index contributed by atoms with van der Waals surface area (Å²) in [4.78, 5) is 11.6. The van der Waals surface area contributed by atoms with Crippen LogP contribution >= 0.6 is 0 Å². The number of nitrogens with two attached hydrogens (primary N) is 1.